The molecule has 0 saturated heterocycles. The zero-order chi connectivity index (χ0) is 15.1. The lowest BCUT2D eigenvalue weighted by atomic mass is 10.3. The van der Waals surface area contributed by atoms with Crippen LogP contribution < -0.4 is 10.6 Å². The molecule has 1 unspecified atom stereocenters. The number of aliphatic hydroxyl groups excluding tert-OH is 1. The molecule has 3 N–H and O–H groups in total. The third kappa shape index (κ3) is 6.80. The van der Waals surface area contributed by atoms with Gasteiger partial charge in [-0.15, -0.1) is 24.0 Å². The van der Waals surface area contributed by atoms with Crippen molar-refractivity contribution in [2.45, 2.75) is 13.0 Å². The average Bonchev–Trinajstić information content (AvgIpc) is 2.84. The second kappa shape index (κ2) is 9.61. The summed E-state index contributed by atoms with van der Waals surface area (Å²) < 4.78 is 5.33. The monoisotopic (exact) mass is 410 g/mol. The number of nitrogens with zero attached hydrogens (tertiary/aromatic N) is 2. The summed E-state index contributed by atoms with van der Waals surface area (Å²) in [4.78, 5) is 16.9. The number of nitrogens with one attached hydrogen (secondary N) is 2. The van der Waals surface area contributed by atoms with E-state index in [1.54, 1.807) is 33.3 Å². The van der Waals surface area contributed by atoms with Crippen LogP contribution in [0, 0.1) is 6.92 Å². The van der Waals surface area contributed by atoms with Crippen molar-refractivity contribution >= 4 is 35.8 Å². The van der Waals surface area contributed by atoms with E-state index in [9.17, 15) is 9.90 Å². The Balaban J connectivity index is 0.00000400. The predicted octanol–water partition coefficient (Wildman–Crippen LogP) is 0.493. The van der Waals surface area contributed by atoms with E-state index in [0.717, 1.165) is 5.76 Å². The Labute approximate surface area is 141 Å². The molecule has 0 radical (unpaired) electrons. The molecule has 0 aliphatic rings. The van der Waals surface area contributed by atoms with Crippen molar-refractivity contribution in [1.82, 2.24) is 15.5 Å². The van der Waals surface area contributed by atoms with Gasteiger partial charge in [0.15, 0.2) is 5.96 Å². The number of guanidine groups is 1. The van der Waals surface area contributed by atoms with Crippen molar-refractivity contribution in [3.63, 3.8) is 0 Å². The van der Waals surface area contributed by atoms with Crippen molar-refractivity contribution < 1.29 is 14.3 Å². The molecule has 7 nitrogen and oxygen atoms in total. The first-order valence-electron chi connectivity index (χ1n) is 6.33. The second-order valence-corrected chi connectivity index (χ2v) is 4.56. The number of aliphatic hydroxyl groups is 1. The number of rotatable bonds is 5. The maximum absolute atomic E-state index is 11.4. The van der Waals surface area contributed by atoms with E-state index in [2.05, 4.69) is 15.6 Å². The molecule has 0 spiro atoms. The fourth-order valence-corrected chi connectivity index (χ4v) is 1.46. The number of amides is 1. The van der Waals surface area contributed by atoms with Gasteiger partial charge in [-0.1, -0.05) is 0 Å². The third-order valence-corrected chi connectivity index (χ3v) is 2.68. The van der Waals surface area contributed by atoms with Crippen molar-refractivity contribution in [3.05, 3.63) is 23.7 Å². The second-order valence-electron chi connectivity index (χ2n) is 4.56. The van der Waals surface area contributed by atoms with Gasteiger partial charge in [0, 0.05) is 21.1 Å². The third-order valence-electron chi connectivity index (χ3n) is 2.68. The molecule has 1 amide bonds. The molecular weight excluding hydrogens is 387 g/mol. The van der Waals surface area contributed by atoms with E-state index in [1.165, 1.54) is 4.90 Å². The van der Waals surface area contributed by atoms with E-state index >= 15 is 0 Å². The minimum atomic E-state index is -0.771. The fraction of sp³-hybridized carbons (Fsp3) is 0.538. The summed E-state index contributed by atoms with van der Waals surface area (Å²) in [6.07, 6.45) is -0.771. The molecule has 0 bridgehead atoms. The van der Waals surface area contributed by atoms with Crippen LogP contribution in [0.3, 0.4) is 0 Å². The molecule has 21 heavy (non-hydrogen) atoms. The molecule has 1 aromatic rings. The molecule has 0 aromatic carbocycles. The first kappa shape index (κ1) is 19.7. The van der Waals surface area contributed by atoms with Crippen LogP contribution in [0.1, 0.15) is 17.6 Å². The maximum atomic E-state index is 11.4. The van der Waals surface area contributed by atoms with Gasteiger partial charge in [0.05, 0.1) is 13.1 Å². The molecule has 120 valence electrons. The molecule has 0 fully saturated rings. The number of hydrogen-bond donors (Lipinski definition) is 3. The van der Waals surface area contributed by atoms with Gasteiger partial charge >= 0.3 is 0 Å². The minimum Gasteiger partial charge on any atom is -0.464 e. The van der Waals surface area contributed by atoms with Crippen LogP contribution in [0.2, 0.25) is 0 Å². The summed E-state index contributed by atoms with van der Waals surface area (Å²) in [5.41, 5.74) is 0. The molecule has 1 atom stereocenters. The zero-order valence-corrected chi connectivity index (χ0v) is 15.0. The maximum Gasteiger partial charge on any atom is 0.241 e. The van der Waals surface area contributed by atoms with Crippen LogP contribution >= 0.6 is 24.0 Å². The Hall–Kier alpha value is -1.29. The highest BCUT2D eigenvalue weighted by Gasteiger charge is 2.12. The number of carbonyl (C=O) groups is 1. The molecule has 0 saturated carbocycles. The van der Waals surface area contributed by atoms with E-state index in [-0.39, 0.29) is 43.0 Å². The van der Waals surface area contributed by atoms with E-state index < -0.39 is 6.10 Å². The summed E-state index contributed by atoms with van der Waals surface area (Å²) in [5, 5.41) is 15.7. The van der Waals surface area contributed by atoms with Crippen molar-refractivity contribution in [2.75, 3.05) is 34.2 Å². The van der Waals surface area contributed by atoms with Crippen LogP contribution in [0.5, 0.6) is 0 Å². The van der Waals surface area contributed by atoms with Crippen LogP contribution in [-0.2, 0) is 4.79 Å². The van der Waals surface area contributed by atoms with Crippen LogP contribution in [0.15, 0.2) is 21.5 Å². The normalized spacial score (nSPS) is 12.3. The Morgan fingerprint density at radius 3 is 2.57 bits per heavy atom. The molecule has 0 aliphatic carbocycles. The summed E-state index contributed by atoms with van der Waals surface area (Å²) in [5.74, 6) is 1.63. The molecular formula is C13H23IN4O3. The molecule has 1 aromatic heterocycles. The van der Waals surface area contributed by atoms with E-state index in [1.807, 2.05) is 6.92 Å². The number of carbonyl (C=O) groups excluding carboxylic acids is 1. The SMILES string of the molecule is CN=C(NCC(=O)N(C)C)NCC(O)c1ccc(C)o1.I. The summed E-state index contributed by atoms with van der Waals surface area (Å²) >= 11 is 0. The number of furan rings is 1. The molecule has 0 aliphatic heterocycles. The van der Waals surface area contributed by atoms with Crippen molar-refractivity contribution in [3.8, 4) is 0 Å². The predicted molar refractivity (Wildman–Crippen MR) is 91.9 cm³/mol. The first-order valence-corrected chi connectivity index (χ1v) is 6.33. The van der Waals surface area contributed by atoms with Crippen molar-refractivity contribution in [2.24, 2.45) is 4.99 Å². The highest BCUT2D eigenvalue weighted by molar-refractivity contribution is 14.0. The van der Waals surface area contributed by atoms with Gasteiger partial charge in [-0.25, -0.2) is 0 Å². The number of hydrogen-bond acceptors (Lipinski definition) is 4. The lowest BCUT2D eigenvalue weighted by Gasteiger charge is -2.15. The Kier molecular flexibility index (Phi) is 9.02. The Bertz CT molecular complexity index is 474. The fourth-order valence-electron chi connectivity index (χ4n) is 1.46. The number of likely N-dealkylation sites (N-methyl/N-ethyl adjacent to an activating group) is 1. The number of aryl methyl sites for hydroxylation is 1. The van der Waals surface area contributed by atoms with E-state index in [4.69, 9.17) is 4.42 Å². The largest absolute Gasteiger partial charge is 0.464 e. The number of aliphatic imine (C=N–C) groups is 1. The van der Waals surface area contributed by atoms with Gasteiger partial charge in [0.25, 0.3) is 0 Å². The lowest BCUT2D eigenvalue weighted by Crippen LogP contribution is -2.43. The molecule has 1 rings (SSSR count). The topological polar surface area (TPSA) is 90.1 Å². The van der Waals surface area contributed by atoms with Gasteiger partial charge in [0.1, 0.15) is 17.6 Å². The van der Waals surface area contributed by atoms with Gasteiger partial charge in [-0.05, 0) is 19.1 Å². The first-order chi connectivity index (χ1) is 9.43. The smallest absolute Gasteiger partial charge is 0.241 e. The van der Waals surface area contributed by atoms with Gasteiger partial charge < -0.3 is 25.1 Å². The molecule has 1 heterocycles. The minimum absolute atomic E-state index is 0. The Morgan fingerprint density at radius 2 is 2.10 bits per heavy atom. The van der Waals surface area contributed by atoms with Gasteiger partial charge in [-0.3, -0.25) is 9.79 Å². The van der Waals surface area contributed by atoms with Crippen LogP contribution in [-0.4, -0.2) is 56.1 Å². The van der Waals surface area contributed by atoms with E-state index in [0.29, 0.717) is 11.7 Å². The average molecular weight is 410 g/mol. The summed E-state index contributed by atoms with van der Waals surface area (Å²) in [6, 6.07) is 3.52. The van der Waals surface area contributed by atoms with Gasteiger partial charge in [0.2, 0.25) is 5.91 Å². The highest BCUT2D eigenvalue weighted by atomic mass is 127. The zero-order valence-electron chi connectivity index (χ0n) is 12.7. The van der Waals surface area contributed by atoms with Crippen LogP contribution in [0.4, 0.5) is 0 Å². The van der Waals surface area contributed by atoms with Crippen LogP contribution in [0.25, 0.3) is 0 Å². The standard InChI is InChI=1S/C13H22N4O3.HI/c1-9-5-6-11(20-9)10(18)7-15-13(14-2)16-8-12(19)17(3)4;/h5-6,10,18H,7-8H2,1-4H3,(H2,14,15,16);1H. The van der Waals surface area contributed by atoms with Crippen molar-refractivity contribution in [1.29, 1.82) is 0 Å². The highest BCUT2D eigenvalue weighted by Crippen LogP contribution is 2.14. The number of halogens is 1. The van der Waals surface area contributed by atoms with Gasteiger partial charge in [-0.2, -0.15) is 0 Å². The lowest BCUT2D eigenvalue weighted by molar-refractivity contribution is -0.127. The molecule has 8 heteroatoms. The summed E-state index contributed by atoms with van der Waals surface area (Å²) in [7, 11) is 4.96. The Morgan fingerprint density at radius 1 is 1.43 bits per heavy atom. The summed E-state index contributed by atoms with van der Waals surface area (Å²) in [6.45, 7) is 2.20. The quantitative estimate of drug-likeness (QED) is 0.374.